The van der Waals surface area contributed by atoms with Gasteiger partial charge in [-0.1, -0.05) is 0 Å². The topological polar surface area (TPSA) is 56.7 Å². The second-order valence-electron chi connectivity index (χ2n) is 3.46. The van der Waals surface area contributed by atoms with Crippen molar-refractivity contribution in [2.24, 2.45) is 0 Å². The Labute approximate surface area is 75.4 Å². The number of nitrogen functional groups attached to an aromatic ring is 1. The quantitative estimate of drug-likeness (QED) is 0.657. The summed E-state index contributed by atoms with van der Waals surface area (Å²) in [7, 11) is 0. The second kappa shape index (κ2) is 2.22. The fourth-order valence-corrected chi connectivity index (χ4v) is 1.58. The molecule has 0 saturated heterocycles. The van der Waals surface area contributed by atoms with E-state index in [-0.39, 0.29) is 0 Å². The van der Waals surface area contributed by atoms with Crippen molar-refractivity contribution in [3.8, 4) is 0 Å². The number of aromatic nitrogens is 3. The summed E-state index contributed by atoms with van der Waals surface area (Å²) in [6, 6.07) is 3.82. The molecule has 2 N–H and O–H groups in total. The average molecular weight is 174 g/mol. The van der Waals surface area contributed by atoms with Gasteiger partial charge in [0.05, 0.1) is 0 Å². The summed E-state index contributed by atoms with van der Waals surface area (Å²) >= 11 is 0. The lowest BCUT2D eigenvalue weighted by Crippen LogP contribution is -2.12. The zero-order valence-corrected chi connectivity index (χ0v) is 7.14. The minimum absolute atomic E-state index is 0.569. The highest BCUT2D eigenvalue weighted by Gasteiger charge is 2.29. The second-order valence-corrected chi connectivity index (χ2v) is 3.46. The molecule has 2 aromatic heterocycles. The monoisotopic (exact) mass is 174 g/mol. The van der Waals surface area contributed by atoms with Crippen LogP contribution in [0.4, 0.5) is 0 Å². The Morgan fingerprint density at radius 3 is 3.00 bits per heavy atom. The van der Waals surface area contributed by atoms with Gasteiger partial charge in [0.1, 0.15) is 11.3 Å². The summed E-state index contributed by atoms with van der Waals surface area (Å²) in [6.07, 6.45) is 4.16. The molecular formula is C9H10N4. The Morgan fingerprint density at radius 2 is 2.31 bits per heavy atom. The zero-order valence-electron chi connectivity index (χ0n) is 7.14. The van der Waals surface area contributed by atoms with Gasteiger partial charge < -0.3 is 5.84 Å². The van der Waals surface area contributed by atoms with E-state index in [4.69, 9.17) is 5.84 Å². The van der Waals surface area contributed by atoms with Crippen LogP contribution in [0.3, 0.4) is 0 Å². The fourth-order valence-electron chi connectivity index (χ4n) is 1.58. The van der Waals surface area contributed by atoms with E-state index in [1.165, 1.54) is 12.8 Å². The van der Waals surface area contributed by atoms with Crippen molar-refractivity contribution in [1.82, 2.24) is 14.6 Å². The van der Waals surface area contributed by atoms with E-state index in [1.54, 1.807) is 10.9 Å². The Hall–Kier alpha value is -1.58. The first-order valence-corrected chi connectivity index (χ1v) is 4.44. The molecule has 0 aromatic carbocycles. The first kappa shape index (κ1) is 6.88. The van der Waals surface area contributed by atoms with E-state index < -0.39 is 0 Å². The molecule has 0 radical (unpaired) electrons. The number of pyridine rings is 1. The molecule has 0 spiro atoms. The standard InChI is InChI=1S/C9H10N4/c10-13-8(6-3-4-6)12-7-2-1-5-11-9(7)13/h1-2,5-6H,3-4,10H2. The van der Waals surface area contributed by atoms with Crippen molar-refractivity contribution >= 4 is 11.2 Å². The number of imidazole rings is 1. The lowest BCUT2D eigenvalue weighted by Gasteiger charge is -1.97. The molecule has 2 aromatic rings. The molecule has 1 fully saturated rings. The third-order valence-corrected chi connectivity index (χ3v) is 2.42. The van der Waals surface area contributed by atoms with Gasteiger partial charge >= 0.3 is 0 Å². The molecule has 0 bridgehead atoms. The van der Waals surface area contributed by atoms with E-state index in [0.717, 1.165) is 17.0 Å². The summed E-state index contributed by atoms with van der Waals surface area (Å²) in [6.45, 7) is 0. The largest absolute Gasteiger partial charge is 0.336 e. The zero-order chi connectivity index (χ0) is 8.84. The van der Waals surface area contributed by atoms with Crippen LogP contribution in [0.25, 0.3) is 11.2 Å². The first-order chi connectivity index (χ1) is 6.36. The lowest BCUT2D eigenvalue weighted by atomic mass is 10.4. The maximum Gasteiger partial charge on any atom is 0.178 e. The molecule has 1 aliphatic carbocycles. The van der Waals surface area contributed by atoms with Gasteiger partial charge in [-0.25, -0.2) is 14.6 Å². The molecule has 0 atom stereocenters. The van der Waals surface area contributed by atoms with Crippen molar-refractivity contribution in [3.63, 3.8) is 0 Å². The van der Waals surface area contributed by atoms with Crippen LogP contribution in [0.1, 0.15) is 24.6 Å². The molecule has 4 nitrogen and oxygen atoms in total. The smallest absolute Gasteiger partial charge is 0.178 e. The Balaban J connectivity index is 2.30. The Bertz CT molecular complexity index is 456. The van der Waals surface area contributed by atoms with Gasteiger partial charge in [0.25, 0.3) is 0 Å². The maximum absolute atomic E-state index is 5.87. The number of rotatable bonds is 1. The first-order valence-electron chi connectivity index (χ1n) is 4.44. The summed E-state index contributed by atoms with van der Waals surface area (Å²) in [5.74, 6) is 7.42. The molecule has 1 saturated carbocycles. The average Bonchev–Trinajstić information content (AvgIpc) is 2.94. The predicted octanol–water partition coefficient (Wildman–Crippen LogP) is 1.02. The van der Waals surface area contributed by atoms with Crippen molar-refractivity contribution in [2.45, 2.75) is 18.8 Å². The molecule has 3 rings (SSSR count). The third kappa shape index (κ3) is 0.915. The highest BCUT2D eigenvalue weighted by atomic mass is 15.3. The van der Waals surface area contributed by atoms with Crippen molar-refractivity contribution in [1.29, 1.82) is 0 Å². The Morgan fingerprint density at radius 1 is 1.46 bits per heavy atom. The highest BCUT2D eigenvalue weighted by Crippen LogP contribution is 2.39. The van der Waals surface area contributed by atoms with Crippen LogP contribution in [-0.2, 0) is 0 Å². The van der Waals surface area contributed by atoms with Crippen molar-refractivity contribution in [3.05, 3.63) is 24.2 Å². The van der Waals surface area contributed by atoms with Crippen LogP contribution >= 0.6 is 0 Å². The normalized spacial score (nSPS) is 16.6. The summed E-state index contributed by atoms with van der Waals surface area (Å²) in [5.41, 5.74) is 1.68. The maximum atomic E-state index is 5.87. The highest BCUT2D eigenvalue weighted by molar-refractivity contribution is 5.71. The van der Waals surface area contributed by atoms with Crippen molar-refractivity contribution in [2.75, 3.05) is 5.84 Å². The SMILES string of the molecule is Nn1c(C2CC2)nc2cccnc21. The van der Waals surface area contributed by atoms with Crippen LogP contribution in [0.15, 0.2) is 18.3 Å². The molecule has 66 valence electrons. The van der Waals surface area contributed by atoms with Crippen LogP contribution in [0, 0.1) is 0 Å². The molecule has 0 aliphatic heterocycles. The summed E-state index contributed by atoms with van der Waals surface area (Å²) in [4.78, 5) is 8.64. The molecule has 4 heteroatoms. The molecule has 1 aliphatic rings. The number of hydrogen-bond acceptors (Lipinski definition) is 3. The molecule has 2 heterocycles. The van der Waals surface area contributed by atoms with E-state index >= 15 is 0 Å². The number of nitrogens with zero attached hydrogens (tertiary/aromatic N) is 3. The lowest BCUT2D eigenvalue weighted by molar-refractivity contribution is 0.859. The van der Waals surface area contributed by atoms with Gasteiger partial charge in [0.2, 0.25) is 0 Å². The van der Waals surface area contributed by atoms with Crippen LogP contribution in [0.2, 0.25) is 0 Å². The molecule has 13 heavy (non-hydrogen) atoms. The third-order valence-electron chi connectivity index (χ3n) is 2.42. The van der Waals surface area contributed by atoms with Gasteiger partial charge in [-0.3, -0.25) is 0 Å². The van der Waals surface area contributed by atoms with Gasteiger partial charge in [-0.05, 0) is 25.0 Å². The summed E-state index contributed by atoms with van der Waals surface area (Å²) in [5, 5.41) is 0. The molecule has 0 amide bonds. The molecule has 0 unspecified atom stereocenters. The Kier molecular flexibility index (Phi) is 1.17. The van der Waals surface area contributed by atoms with E-state index in [9.17, 15) is 0 Å². The number of nitrogens with two attached hydrogens (primary N) is 1. The molecular weight excluding hydrogens is 164 g/mol. The predicted molar refractivity (Wildman–Crippen MR) is 49.7 cm³/mol. The van der Waals surface area contributed by atoms with Gasteiger partial charge in [0, 0.05) is 12.1 Å². The van der Waals surface area contributed by atoms with Gasteiger partial charge in [-0.2, -0.15) is 0 Å². The number of hydrogen-bond donors (Lipinski definition) is 1. The van der Waals surface area contributed by atoms with Gasteiger partial charge in [0.15, 0.2) is 5.65 Å². The van der Waals surface area contributed by atoms with Crippen LogP contribution in [0.5, 0.6) is 0 Å². The van der Waals surface area contributed by atoms with Crippen LogP contribution in [-0.4, -0.2) is 14.6 Å². The number of fused-ring (bicyclic) bond motifs is 1. The minimum atomic E-state index is 0.569. The van der Waals surface area contributed by atoms with E-state index in [0.29, 0.717) is 5.92 Å². The fraction of sp³-hybridized carbons (Fsp3) is 0.333. The van der Waals surface area contributed by atoms with Gasteiger partial charge in [-0.15, -0.1) is 0 Å². The minimum Gasteiger partial charge on any atom is -0.336 e. The van der Waals surface area contributed by atoms with Crippen molar-refractivity contribution < 1.29 is 0 Å². The van der Waals surface area contributed by atoms with E-state index in [1.807, 2.05) is 12.1 Å². The van der Waals surface area contributed by atoms with Crippen LogP contribution < -0.4 is 5.84 Å². The summed E-state index contributed by atoms with van der Waals surface area (Å²) < 4.78 is 1.62. The van der Waals surface area contributed by atoms with E-state index in [2.05, 4.69) is 9.97 Å².